The van der Waals surface area contributed by atoms with Crippen LogP contribution in [0.3, 0.4) is 0 Å². The van der Waals surface area contributed by atoms with Gasteiger partial charge < -0.3 is 20.1 Å². The molecule has 0 aliphatic heterocycles. The van der Waals surface area contributed by atoms with E-state index in [0.29, 0.717) is 18.1 Å². The van der Waals surface area contributed by atoms with Gasteiger partial charge in [0.15, 0.2) is 0 Å². The smallest absolute Gasteiger partial charge is 0.141 e. The molecule has 3 aromatic carbocycles. The highest BCUT2D eigenvalue weighted by Crippen LogP contribution is 2.31. The van der Waals surface area contributed by atoms with E-state index in [9.17, 15) is 4.39 Å². The minimum Gasteiger partial charge on any atom is -0.496 e. The first-order valence-electron chi connectivity index (χ1n) is 9.49. The van der Waals surface area contributed by atoms with Crippen LogP contribution in [0, 0.1) is 5.82 Å². The highest BCUT2D eigenvalue weighted by molar-refractivity contribution is 6.31. The summed E-state index contributed by atoms with van der Waals surface area (Å²) in [6.45, 7) is 0.503. The summed E-state index contributed by atoms with van der Waals surface area (Å²) in [6, 6.07) is 15.9. The number of nitrogens with one attached hydrogen (secondary N) is 2. The Morgan fingerprint density at radius 1 is 0.935 bits per heavy atom. The van der Waals surface area contributed by atoms with Crippen LogP contribution < -0.4 is 20.1 Å². The van der Waals surface area contributed by atoms with Gasteiger partial charge in [-0.25, -0.2) is 14.4 Å². The topological polar surface area (TPSA) is 68.3 Å². The molecule has 4 rings (SSSR count). The molecule has 4 aromatic rings. The fourth-order valence-corrected chi connectivity index (χ4v) is 3.45. The molecule has 0 bridgehead atoms. The Morgan fingerprint density at radius 2 is 1.68 bits per heavy atom. The summed E-state index contributed by atoms with van der Waals surface area (Å²) in [4.78, 5) is 8.67. The molecule has 1 heterocycles. The molecule has 1 aromatic heterocycles. The van der Waals surface area contributed by atoms with Crippen LogP contribution in [0.15, 0.2) is 60.9 Å². The van der Waals surface area contributed by atoms with Crippen LogP contribution >= 0.6 is 11.6 Å². The Labute approximate surface area is 184 Å². The molecule has 0 saturated heterocycles. The number of anilines is 3. The van der Waals surface area contributed by atoms with Gasteiger partial charge in [-0.3, -0.25) is 0 Å². The standard InChI is InChI=1S/C23H20ClFN4O2/c1-30-21-4-3-5-22(31-2)17(21)12-26-14-7-9-20-16(10-14)23(28-13-27-20)29-15-6-8-19(25)18(24)11-15/h3-11,13,26H,12H2,1-2H3,(H,27,28,29). The molecular formula is C23H20ClFN4O2. The summed E-state index contributed by atoms with van der Waals surface area (Å²) in [6.07, 6.45) is 1.47. The lowest BCUT2D eigenvalue weighted by molar-refractivity contribution is 0.386. The molecule has 0 unspecified atom stereocenters. The van der Waals surface area contributed by atoms with E-state index in [1.54, 1.807) is 20.3 Å². The number of nitrogens with zero attached hydrogens (tertiary/aromatic N) is 2. The summed E-state index contributed by atoms with van der Waals surface area (Å²) < 4.78 is 24.4. The van der Waals surface area contributed by atoms with Crippen LogP contribution in [0.1, 0.15) is 5.56 Å². The number of hydrogen-bond donors (Lipinski definition) is 2. The molecule has 8 heteroatoms. The second-order valence-electron chi connectivity index (χ2n) is 6.70. The third-order valence-corrected chi connectivity index (χ3v) is 5.11. The van der Waals surface area contributed by atoms with Crippen molar-refractivity contribution in [3.8, 4) is 11.5 Å². The highest BCUT2D eigenvalue weighted by atomic mass is 35.5. The number of fused-ring (bicyclic) bond motifs is 1. The third kappa shape index (κ3) is 4.46. The molecule has 2 N–H and O–H groups in total. The first kappa shape index (κ1) is 20.7. The van der Waals surface area contributed by atoms with Crippen molar-refractivity contribution in [2.75, 3.05) is 24.9 Å². The molecule has 0 aliphatic carbocycles. The number of aromatic nitrogens is 2. The summed E-state index contributed by atoms with van der Waals surface area (Å²) in [5.74, 6) is 1.60. The van der Waals surface area contributed by atoms with Crippen LogP contribution in [-0.2, 0) is 6.54 Å². The minimum absolute atomic E-state index is 0.0384. The number of benzene rings is 3. The van der Waals surface area contributed by atoms with Crippen molar-refractivity contribution < 1.29 is 13.9 Å². The molecule has 158 valence electrons. The number of rotatable bonds is 7. The molecule has 6 nitrogen and oxygen atoms in total. The van der Waals surface area contributed by atoms with E-state index < -0.39 is 5.82 Å². The number of halogens is 2. The first-order chi connectivity index (χ1) is 15.1. The lowest BCUT2D eigenvalue weighted by atomic mass is 10.1. The predicted molar refractivity (Wildman–Crippen MR) is 121 cm³/mol. The average molecular weight is 439 g/mol. The summed E-state index contributed by atoms with van der Waals surface area (Å²) in [7, 11) is 3.26. The van der Waals surface area contributed by atoms with Crippen LogP contribution in [-0.4, -0.2) is 24.2 Å². The van der Waals surface area contributed by atoms with Gasteiger partial charge in [0.05, 0.1) is 30.3 Å². The van der Waals surface area contributed by atoms with Crippen molar-refractivity contribution in [1.82, 2.24) is 9.97 Å². The Balaban J connectivity index is 1.62. The van der Waals surface area contributed by atoms with Crippen molar-refractivity contribution in [3.63, 3.8) is 0 Å². The quantitative estimate of drug-likeness (QED) is 0.380. The van der Waals surface area contributed by atoms with Gasteiger partial charge in [0.1, 0.15) is 29.5 Å². The minimum atomic E-state index is -0.474. The lowest BCUT2D eigenvalue weighted by Gasteiger charge is -2.15. The van der Waals surface area contributed by atoms with Gasteiger partial charge in [0.2, 0.25) is 0 Å². The van der Waals surface area contributed by atoms with Gasteiger partial charge >= 0.3 is 0 Å². The molecule has 0 fully saturated rings. The number of methoxy groups -OCH3 is 2. The molecule has 0 atom stereocenters. The average Bonchev–Trinajstić information content (AvgIpc) is 2.80. The predicted octanol–water partition coefficient (Wildman–Crippen LogP) is 5.80. The van der Waals surface area contributed by atoms with Gasteiger partial charge in [0.25, 0.3) is 0 Å². The molecular weight excluding hydrogens is 419 g/mol. The molecule has 31 heavy (non-hydrogen) atoms. The van der Waals surface area contributed by atoms with Crippen LogP contribution in [0.25, 0.3) is 10.9 Å². The van der Waals surface area contributed by atoms with E-state index in [4.69, 9.17) is 21.1 Å². The normalized spacial score (nSPS) is 10.7. The zero-order chi connectivity index (χ0) is 21.8. The van der Waals surface area contributed by atoms with E-state index in [0.717, 1.165) is 33.7 Å². The monoisotopic (exact) mass is 438 g/mol. The summed E-state index contributed by atoms with van der Waals surface area (Å²) in [5, 5.41) is 7.42. The van der Waals surface area contributed by atoms with Crippen molar-refractivity contribution in [2.24, 2.45) is 0 Å². The molecule has 0 radical (unpaired) electrons. The van der Waals surface area contributed by atoms with Gasteiger partial charge in [0, 0.05) is 23.3 Å². The van der Waals surface area contributed by atoms with Gasteiger partial charge in [-0.05, 0) is 48.5 Å². The van der Waals surface area contributed by atoms with E-state index in [-0.39, 0.29) is 5.02 Å². The Hall–Kier alpha value is -3.58. The van der Waals surface area contributed by atoms with E-state index >= 15 is 0 Å². The Kier molecular flexibility index (Phi) is 6.04. The maximum atomic E-state index is 13.5. The highest BCUT2D eigenvalue weighted by Gasteiger charge is 2.11. The van der Waals surface area contributed by atoms with Gasteiger partial charge in [-0.15, -0.1) is 0 Å². The van der Waals surface area contributed by atoms with Crippen molar-refractivity contribution in [3.05, 3.63) is 77.3 Å². The first-order valence-corrected chi connectivity index (χ1v) is 9.87. The van der Waals surface area contributed by atoms with Crippen LogP contribution in [0.2, 0.25) is 5.02 Å². The van der Waals surface area contributed by atoms with Crippen LogP contribution in [0.4, 0.5) is 21.6 Å². The van der Waals surface area contributed by atoms with Crippen LogP contribution in [0.5, 0.6) is 11.5 Å². The van der Waals surface area contributed by atoms with Gasteiger partial charge in [-0.2, -0.15) is 0 Å². The Bertz CT molecular complexity index is 1210. The molecule has 0 aliphatic rings. The summed E-state index contributed by atoms with van der Waals surface area (Å²) >= 11 is 5.89. The largest absolute Gasteiger partial charge is 0.496 e. The second-order valence-corrected chi connectivity index (χ2v) is 7.11. The third-order valence-electron chi connectivity index (χ3n) is 4.82. The van der Waals surface area contributed by atoms with Crippen molar-refractivity contribution in [1.29, 1.82) is 0 Å². The zero-order valence-corrected chi connectivity index (χ0v) is 17.7. The fourth-order valence-electron chi connectivity index (χ4n) is 3.27. The number of hydrogen-bond acceptors (Lipinski definition) is 6. The summed E-state index contributed by atoms with van der Waals surface area (Å²) in [5.41, 5.74) is 3.18. The Morgan fingerprint density at radius 3 is 2.39 bits per heavy atom. The van der Waals surface area contributed by atoms with E-state index in [1.165, 1.54) is 18.5 Å². The van der Waals surface area contributed by atoms with E-state index in [1.807, 2.05) is 36.4 Å². The maximum absolute atomic E-state index is 13.5. The van der Waals surface area contributed by atoms with Crippen molar-refractivity contribution >= 4 is 39.7 Å². The van der Waals surface area contributed by atoms with Crippen molar-refractivity contribution in [2.45, 2.75) is 6.54 Å². The maximum Gasteiger partial charge on any atom is 0.141 e. The lowest BCUT2D eigenvalue weighted by Crippen LogP contribution is -2.04. The SMILES string of the molecule is COc1cccc(OC)c1CNc1ccc2ncnc(Nc3ccc(F)c(Cl)c3)c2c1. The fraction of sp³-hybridized carbons (Fsp3) is 0.130. The second kappa shape index (κ2) is 9.06. The van der Waals surface area contributed by atoms with E-state index in [2.05, 4.69) is 20.6 Å². The number of ether oxygens (including phenoxy) is 2. The molecule has 0 saturated carbocycles. The zero-order valence-electron chi connectivity index (χ0n) is 16.9. The molecule has 0 spiro atoms. The van der Waals surface area contributed by atoms with Gasteiger partial charge in [-0.1, -0.05) is 17.7 Å². The molecule has 0 amide bonds.